The topological polar surface area (TPSA) is 71.3 Å². The largest absolute Gasteiger partial charge is 0.481 e. The van der Waals surface area contributed by atoms with Gasteiger partial charge in [0.15, 0.2) is 0 Å². The van der Waals surface area contributed by atoms with Gasteiger partial charge in [-0.1, -0.05) is 18.5 Å². The Morgan fingerprint density at radius 3 is 2.63 bits per heavy atom. The van der Waals surface area contributed by atoms with E-state index in [1.807, 2.05) is 6.92 Å². The molecule has 1 aromatic rings. The molecule has 0 spiro atoms. The normalized spacial score (nSPS) is 13.9. The Morgan fingerprint density at radius 1 is 1.47 bits per heavy atom. The molecule has 0 radical (unpaired) electrons. The summed E-state index contributed by atoms with van der Waals surface area (Å²) in [6, 6.07) is 1.14. The molecule has 19 heavy (non-hydrogen) atoms. The summed E-state index contributed by atoms with van der Waals surface area (Å²) in [6.07, 6.45) is 2.58. The number of aryl methyl sites for hydroxylation is 1. The summed E-state index contributed by atoms with van der Waals surface area (Å²) in [7, 11) is 0. The molecule has 0 saturated heterocycles. The maximum atomic E-state index is 12.1. The lowest BCUT2D eigenvalue weighted by Crippen LogP contribution is -2.40. The lowest BCUT2D eigenvalue weighted by atomic mass is 10.0. The zero-order chi connectivity index (χ0) is 14.6. The van der Waals surface area contributed by atoms with E-state index in [2.05, 4.69) is 5.32 Å². The third-order valence-corrected chi connectivity index (χ3v) is 3.27. The van der Waals surface area contributed by atoms with Crippen LogP contribution in [0.2, 0.25) is 5.02 Å². The molecule has 1 amide bonds. The molecule has 1 rings (SSSR count). The molecule has 2 atom stereocenters. The molecule has 1 aromatic heterocycles. The van der Waals surface area contributed by atoms with Crippen LogP contribution >= 0.6 is 11.6 Å². The maximum Gasteiger partial charge on any atom is 0.308 e. The second-order valence-corrected chi connectivity index (χ2v) is 5.06. The second kappa shape index (κ2) is 6.61. The molecular formula is C13H19ClN2O3. The Balaban J connectivity index is 2.80. The van der Waals surface area contributed by atoms with Crippen LogP contribution in [0.1, 0.15) is 37.7 Å². The number of rotatable bonds is 6. The third kappa shape index (κ3) is 3.99. The van der Waals surface area contributed by atoms with Crippen molar-refractivity contribution in [3.05, 3.63) is 23.0 Å². The van der Waals surface area contributed by atoms with Crippen molar-refractivity contribution in [2.24, 2.45) is 5.92 Å². The number of nitrogens with one attached hydrogen (secondary N) is 1. The monoisotopic (exact) mass is 286 g/mol. The number of carboxylic acid groups (broad SMARTS) is 1. The van der Waals surface area contributed by atoms with Crippen molar-refractivity contribution in [2.45, 2.75) is 39.8 Å². The van der Waals surface area contributed by atoms with E-state index in [-0.39, 0.29) is 5.91 Å². The average Bonchev–Trinajstić information content (AvgIpc) is 2.69. The first-order valence-electron chi connectivity index (χ1n) is 6.26. The summed E-state index contributed by atoms with van der Waals surface area (Å²) >= 11 is 5.90. The van der Waals surface area contributed by atoms with E-state index in [4.69, 9.17) is 16.7 Å². The van der Waals surface area contributed by atoms with Gasteiger partial charge in [0.25, 0.3) is 5.91 Å². The number of aliphatic carboxylic acids is 1. The molecule has 2 N–H and O–H groups in total. The van der Waals surface area contributed by atoms with E-state index in [0.717, 1.165) is 6.42 Å². The zero-order valence-electron chi connectivity index (χ0n) is 11.3. The minimum atomic E-state index is -0.935. The summed E-state index contributed by atoms with van der Waals surface area (Å²) in [4.78, 5) is 23.0. The van der Waals surface area contributed by atoms with Crippen LogP contribution in [-0.2, 0) is 11.3 Å². The molecule has 1 heterocycles. The first-order valence-corrected chi connectivity index (χ1v) is 6.64. The molecule has 2 unspecified atom stereocenters. The van der Waals surface area contributed by atoms with Crippen LogP contribution in [0.3, 0.4) is 0 Å². The van der Waals surface area contributed by atoms with E-state index in [0.29, 0.717) is 17.3 Å². The average molecular weight is 287 g/mol. The molecule has 0 aliphatic heterocycles. The van der Waals surface area contributed by atoms with E-state index in [1.165, 1.54) is 0 Å². The molecule has 0 aromatic carbocycles. The molecule has 6 heteroatoms. The Morgan fingerprint density at radius 2 is 2.11 bits per heavy atom. The highest BCUT2D eigenvalue weighted by molar-refractivity contribution is 6.31. The molecular weight excluding hydrogens is 268 g/mol. The standard InChI is InChI=1S/C13H19ClN2O3/c1-4-5-16-7-10(14)6-11(16)12(17)15-9(3)8(2)13(18)19/h6-9H,4-5H2,1-3H3,(H,15,17)(H,18,19). The fraction of sp³-hybridized carbons (Fsp3) is 0.538. The Labute approximate surface area is 117 Å². The fourth-order valence-corrected chi connectivity index (χ4v) is 1.93. The van der Waals surface area contributed by atoms with Crippen molar-refractivity contribution in [3.63, 3.8) is 0 Å². The van der Waals surface area contributed by atoms with Gasteiger partial charge in [-0.2, -0.15) is 0 Å². The van der Waals surface area contributed by atoms with Gasteiger partial charge in [-0.05, 0) is 26.3 Å². The number of carboxylic acids is 1. The predicted molar refractivity (Wildman–Crippen MR) is 73.5 cm³/mol. The summed E-state index contributed by atoms with van der Waals surface area (Å²) in [6.45, 7) is 5.93. The van der Waals surface area contributed by atoms with Gasteiger partial charge in [-0.3, -0.25) is 9.59 Å². The van der Waals surface area contributed by atoms with Gasteiger partial charge in [0, 0.05) is 18.8 Å². The van der Waals surface area contributed by atoms with Gasteiger partial charge < -0.3 is 15.0 Å². The van der Waals surface area contributed by atoms with Crippen LogP contribution in [0.5, 0.6) is 0 Å². The van der Waals surface area contributed by atoms with E-state index < -0.39 is 17.9 Å². The number of carbonyl (C=O) groups is 2. The summed E-state index contributed by atoms with van der Waals surface area (Å²) in [5.41, 5.74) is 0.455. The number of hydrogen-bond acceptors (Lipinski definition) is 2. The Hall–Kier alpha value is -1.49. The van der Waals surface area contributed by atoms with E-state index in [1.54, 1.807) is 30.7 Å². The minimum absolute atomic E-state index is 0.305. The minimum Gasteiger partial charge on any atom is -0.481 e. The SMILES string of the molecule is CCCn1cc(Cl)cc1C(=O)NC(C)C(C)C(=O)O. The summed E-state index contributed by atoms with van der Waals surface area (Å²) in [5.74, 6) is -1.88. The molecule has 0 aliphatic rings. The number of hydrogen-bond donors (Lipinski definition) is 2. The molecule has 0 saturated carbocycles. The van der Waals surface area contributed by atoms with Crippen LogP contribution in [0.15, 0.2) is 12.3 Å². The molecule has 106 valence electrons. The highest BCUT2D eigenvalue weighted by Gasteiger charge is 2.22. The van der Waals surface area contributed by atoms with Crippen LogP contribution < -0.4 is 5.32 Å². The number of amides is 1. The van der Waals surface area contributed by atoms with Gasteiger partial charge in [-0.15, -0.1) is 0 Å². The van der Waals surface area contributed by atoms with E-state index in [9.17, 15) is 9.59 Å². The van der Waals surface area contributed by atoms with Crippen molar-refractivity contribution in [1.82, 2.24) is 9.88 Å². The van der Waals surface area contributed by atoms with Crippen LogP contribution in [0.4, 0.5) is 0 Å². The number of aromatic nitrogens is 1. The second-order valence-electron chi connectivity index (χ2n) is 4.63. The molecule has 0 bridgehead atoms. The number of carbonyl (C=O) groups excluding carboxylic acids is 1. The van der Waals surface area contributed by atoms with Crippen molar-refractivity contribution in [2.75, 3.05) is 0 Å². The Kier molecular flexibility index (Phi) is 5.42. The van der Waals surface area contributed by atoms with Gasteiger partial charge in [0.2, 0.25) is 0 Å². The highest BCUT2D eigenvalue weighted by atomic mass is 35.5. The van der Waals surface area contributed by atoms with Crippen molar-refractivity contribution in [3.8, 4) is 0 Å². The van der Waals surface area contributed by atoms with Gasteiger partial charge >= 0.3 is 5.97 Å². The molecule has 0 fully saturated rings. The van der Waals surface area contributed by atoms with Gasteiger partial charge in [0.05, 0.1) is 10.9 Å². The fourth-order valence-electron chi connectivity index (χ4n) is 1.71. The van der Waals surface area contributed by atoms with Gasteiger partial charge in [0.1, 0.15) is 5.69 Å². The van der Waals surface area contributed by atoms with Crippen LogP contribution in [-0.4, -0.2) is 27.6 Å². The third-order valence-electron chi connectivity index (χ3n) is 3.06. The highest BCUT2D eigenvalue weighted by Crippen LogP contribution is 2.15. The molecule has 5 nitrogen and oxygen atoms in total. The first-order chi connectivity index (χ1) is 8.86. The van der Waals surface area contributed by atoms with Crippen molar-refractivity contribution >= 4 is 23.5 Å². The zero-order valence-corrected chi connectivity index (χ0v) is 12.1. The first kappa shape index (κ1) is 15.6. The summed E-state index contributed by atoms with van der Waals surface area (Å²) in [5, 5.41) is 12.1. The van der Waals surface area contributed by atoms with Crippen LogP contribution in [0, 0.1) is 5.92 Å². The smallest absolute Gasteiger partial charge is 0.308 e. The van der Waals surface area contributed by atoms with Gasteiger partial charge in [-0.25, -0.2) is 0 Å². The quantitative estimate of drug-likeness (QED) is 0.843. The van der Waals surface area contributed by atoms with Crippen molar-refractivity contribution < 1.29 is 14.7 Å². The van der Waals surface area contributed by atoms with E-state index >= 15 is 0 Å². The lowest BCUT2D eigenvalue weighted by Gasteiger charge is -2.18. The van der Waals surface area contributed by atoms with Crippen molar-refractivity contribution in [1.29, 1.82) is 0 Å². The maximum absolute atomic E-state index is 12.1. The Bertz CT molecular complexity index is 470. The molecule has 0 aliphatic carbocycles. The lowest BCUT2D eigenvalue weighted by molar-refractivity contribution is -0.141. The number of nitrogens with zero attached hydrogens (tertiary/aromatic N) is 1. The number of halogens is 1. The predicted octanol–water partition coefficient (Wildman–Crippen LogP) is 2.39. The van der Waals surface area contributed by atoms with Crippen LogP contribution in [0.25, 0.3) is 0 Å². The summed E-state index contributed by atoms with van der Waals surface area (Å²) < 4.78 is 1.77.